The molecule has 1 aromatic rings. The van der Waals surface area contributed by atoms with Gasteiger partial charge in [-0.05, 0) is 50.5 Å². The van der Waals surface area contributed by atoms with E-state index in [2.05, 4.69) is 27.6 Å². The van der Waals surface area contributed by atoms with Crippen molar-refractivity contribution in [1.82, 2.24) is 4.41 Å². The molecule has 22 heavy (non-hydrogen) atoms. The zero-order valence-corrected chi connectivity index (χ0v) is 14.4. The Morgan fingerprint density at radius 2 is 1.95 bits per heavy atom. The minimum Gasteiger partial charge on any atom is -0.270 e. The number of hydrogen-bond acceptors (Lipinski definition) is 4. The molecule has 1 amide bonds. The lowest BCUT2D eigenvalue weighted by atomic mass is 9.79. The molecular weight excluding hydrogens is 368 g/mol. The fourth-order valence-corrected chi connectivity index (χ4v) is 4.65. The number of hydrogen-bond donors (Lipinski definition) is 0. The first-order chi connectivity index (χ1) is 10.3. The predicted molar refractivity (Wildman–Crippen MR) is 86.7 cm³/mol. The number of carbonyl (C=O) groups is 1. The number of sulfonamides is 1. The van der Waals surface area contributed by atoms with Crippen LogP contribution in [0.5, 0.6) is 0 Å². The molecule has 0 radical (unpaired) electrons. The molecule has 0 N–H and O–H groups in total. The van der Waals surface area contributed by atoms with Crippen molar-refractivity contribution in [2.24, 2.45) is 10.5 Å². The van der Waals surface area contributed by atoms with Crippen molar-refractivity contribution in [1.29, 1.82) is 0 Å². The van der Waals surface area contributed by atoms with Crippen molar-refractivity contribution in [3.8, 4) is 0 Å². The standard InChI is InChI=1S/C15H15BrN2O3S/c1-10-4-3-9-15(10)11(2)17-18(14(15)19)22(20,21)13-7-5-12(16)6-8-13/h5-8H,1,3-4,9H2,2H3/t15-/m1/s1. The van der Waals surface area contributed by atoms with Gasteiger partial charge in [0.15, 0.2) is 0 Å². The van der Waals surface area contributed by atoms with Crippen molar-refractivity contribution in [3.63, 3.8) is 0 Å². The van der Waals surface area contributed by atoms with Crippen molar-refractivity contribution >= 4 is 37.6 Å². The Balaban J connectivity index is 2.05. The van der Waals surface area contributed by atoms with Crippen molar-refractivity contribution < 1.29 is 13.2 Å². The van der Waals surface area contributed by atoms with E-state index in [9.17, 15) is 13.2 Å². The number of amides is 1. The number of carbonyl (C=O) groups excluding carboxylic acids is 1. The highest BCUT2D eigenvalue weighted by Gasteiger charge is 2.56. The average molecular weight is 383 g/mol. The Hall–Kier alpha value is -1.47. The maximum absolute atomic E-state index is 12.8. The van der Waals surface area contributed by atoms with Crippen LogP contribution in [-0.4, -0.2) is 24.5 Å². The molecule has 1 spiro atoms. The van der Waals surface area contributed by atoms with E-state index in [1.54, 1.807) is 19.1 Å². The highest BCUT2D eigenvalue weighted by molar-refractivity contribution is 9.10. The molecule has 0 unspecified atom stereocenters. The first-order valence-corrected chi connectivity index (χ1v) is 9.13. The van der Waals surface area contributed by atoms with E-state index < -0.39 is 21.3 Å². The zero-order chi connectivity index (χ0) is 16.1. The van der Waals surface area contributed by atoms with Crippen LogP contribution < -0.4 is 0 Å². The summed E-state index contributed by atoms with van der Waals surface area (Å²) in [6.45, 7) is 5.66. The first-order valence-electron chi connectivity index (χ1n) is 6.89. The summed E-state index contributed by atoms with van der Waals surface area (Å²) < 4.78 is 26.8. The molecule has 2 aliphatic rings. The fourth-order valence-electron chi connectivity index (χ4n) is 3.11. The van der Waals surface area contributed by atoms with Crippen LogP contribution in [0.3, 0.4) is 0 Å². The third kappa shape index (κ3) is 1.99. The van der Waals surface area contributed by atoms with E-state index in [1.165, 1.54) is 12.1 Å². The predicted octanol–water partition coefficient (Wildman–Crippen LogP) is 3.08. The smallest absolute Gasteiger partial charge is 0.270 e. The Bertz CT molecular complexity index is 799. The van der Waals surface area contributed by atoms with Gasteiger partial charge in [0.2, 0.25) is 0 Å². The molecule has 1 saturated carbocycles. The first kappa shape index (κ1) is 15.4. The van der Waals surface area contributed by atoms with Crippen LogP contribution >= 0.6 is 15.9 Å². The summed E-state index contributed by atoms with van der Waals surface area (Å²) in [5, 5.41) is 4.07. The van der Waals surface area contributed by atoms with E-state index >= 15 is 0 Å². The normalized spacial score (nSPS) is 25.2. The second-order valence-corrected chi connectivity index (χ2v) is 8.24. The van der Waals surface area contributed by atoms with E-state index in [0.717, 1.165) is 22.9 Å². The Morgan fingerprint density at radius 3 is 2.50 bits per heavy atom. The van der Waals surface area contributed by atoms with Gasteiger partial charge in [0.1, 0.15) is 5.41 Å². The molecule has 0 aromatic heterocycles. The quantitative estimate of drug-likeness (QED) is 0.738. The van der Waals surface area contributed by atoms with E-state index in [0.29, 0.717) is 16.5 Å². The van der Waals surface area contributed by atoms with Gasteiger partial charge in [0.25, 0.3) is 15.9 Å². The molecule has 1 fully saturated rings. The van der Waals surface area contributed by atoms with Crippen LogP contribution in [0.4, 0.5) is 0 Å². The lowest BCUT2D eigenvalue weighted by molar-refractivity contribution is -0.130. The summed E-state index contributed by atoms with van der Waals surface area (Å²) in [7, 11) is -3.99. The summed E-state index contributed by atoms with van der Waals surface area (Å²) in [5.74, 6) is -0.504. The zero-order valence-electron chi connectivity index (χ0n) is 12.0. The van der Waals surface area contributed by atoms with Crippen LogP contribution in [0.2, 0.25) is 0 Å². The molecule has 1 aromatic carbocycles. The average Bonchev–Trinajstić information content (AvgIpc) is 2.97. The summed E-state index contributed by atoms with van der Waals surface area (Å²) >= 11 is 3.26. The monoisotopic (exact) mass is 382 g/mol. The van der Waals surface area contributed by atoms with Gasteiger partial charge < -0.3 is 0 Å². The molecule has 1 aliphatic carbocycles. The molecule has 0 bridgehead atoms. The fraction of sp³-hybridized carbons (Fsp3) is 0.333. The van der Waals surface area contributed by atoms with Gasteiger partial charge in [-0.3, -0.25) is 4.79 Å². The number of rotatable bonds is 2. The van der Waals surface area contributed by atoms with Crippen LogP contribution in [0.25, 0.3) is 0 Å². The summed E-state index contributed by atoms with van der Waals surface area (Å²) in [4.78, 5) is 12.8. The second-order valence-electron chi connectivity index (χ2n) is 5.55. The lowest BCUT2D eigenvalue weighted by Crippen LogP contribution is -2.40. The maximum Gasteiger partial charge on any atom is 0.286 e. The number of nitrogens with zero attached hydrogens (tertiary/aromatic N) is 2. The summed E-state index contributed by atoms with van der Waals surface area (Å²) in [6.07, 6.45) is 2.13. The number of benzene rings is 1. The number of hydrazone groups is 1. The van der Waals surface area contributed by atoms with E-state index in [-0.39, 0.29) is 4.90 Å². The van der Waals surface area contributed by atoms with Crippen LogP contribution in [0.1, 0.15) is 26.2 Å². The lowest BCUT2D eigenvalue weighted by Gasteiger charge is -2.23. The minimum absolute atomic E-state index is 0.0428. The highest BCUT2D eigenvalue weighted by atomic mass is 79.9. The van der Waals surface area contributed by atoms with Crippen LogP contribution in [0.15, 0.2) is 50.9 Å². The molecule has 1 heterocycles. The molecule has 116 valence electrons. The molecule has 3 rings (SSSR count). The molecule has 0 saturated heterocycles. The summed E-state index contributed by atoms with van der Waals surface area (Å²) in [5.41, 5.74) is 0.343. The molecule has 7 heteroatoms. The number of halogens is 1. The van der Waals surface area contributed by atoms with Gasteiger partial charge in [-0.25, -0.2) is 0 Å². The highest BCUT2D eigenvalue weighted by Crippen LogP contribution is 2.48. The van der Waals surface area contributed by atoms with Gasteiger partial charge >= 0.3 is 0 Å². The van der Waals surface area contributed by atoms with E-state index in [4.69, 9.17) is 0 Å². The van der Waals surface area contributed by atoms with Crippen molar-refractivity contribution in [2.75, 3.05) is 0 Å². The Morgan fingerprint density at radius 1 is 1.32 bits per heavy atom. The SMILES string of the molecule is C=C1CCC[C@@]12C(=O)N(S(=O)(=O)c1ccc(Br)cc1)N=C2C. The maximum atomic E-state index is 12.8. The van der Waals surface area contributed by atoms with Gasteiger partial charge in [-0.15, -0.1) is 4.41 Å². The van der Waals surface area contributed by atoms with Crippen LogP contribution in [-0.2, 0) is 14.8 Å². The van der Waals surface area contributed by atoms with Gasteiger partial charge in [-0.2, -0.15) is 13.5 Å². The molecule has 1 atom stereocenters. The topological polar surface area (TPSA) is 66.8 Å². The van der Waals surface area contributed by atoms with Gasteiger partial charge in [0.05, 0.1) is 10.6 Å². The second kappa shape index (κ2) is 5.03. The summed E-state index contributed by atoms with van der Waals surface area (Å²) in [6, 6.07) is 6.14. The van der Waals surface area contributed by atoms with Crippen molar-refractivity contribution in [3.05, 3.63) is 40.9 Å². The Labute approximate surface area is 137 Å². The van der Waals surface area contributed by atoms with Gasteiger partial charge in [-0.1, -0.05) is 28.1 Å². The van der Waals surface area contributed by atoms with Gasteiger partial charge in [0, 0.05) is 4.47 Å². The Kier molecular flexibility index (Phi) is 3.52. The molecule has 1 aliphatic heterocycles. The van der Waals surface area contributed by atoms with Crippen molar-refractivity contribution in [2.45, 2.75) is 31.1 Å². The third-order valence-corrected chi connectivity index (χ3v) is 6.47. The third-order valence-electron chi connectivity index (χ3n) is 4.37. The molecular formula is C15H15BrN2O3S. The molecule has 5 nitrogen and oxygen atoms in total. The van der Waals surface area contributed by atoms with Crippen LogP contribution in [0, 0.1) is 5.41 Å². The minimum atomic E-state index is -3.99. The van der Waals surface area contributed by atoms with E-state index in [1.807, 2.05) is 0 Å². The largest absolute Gasteiger partial charge is 0.286 e.